The molecule has 202 valence electrons. The minimum Gasteiger partial charge on any atom is -0.748 e. The molecule has 0 heterocycles. The monoisotopic (exact) mass is 537 g/mol. The summed E-state index contributed by atoms with van der Waals surface area (Å²) >= 11 is 0. The molecular formula is C26H44NNaO7S. The molecule has 0 aromatic rings. The van der Waals surface area contributed by atoms with Crippen LogP contribution >= 0.6 is 0 Å². The summed E-state index contributed by atoms with van der Waals surface area (Å²) < 4.78 is 32.2. The molecule has 4 saturated carbocycles. The molecule has 1 amide bonds. The van der Waals surface area contributed by atoms with Crippen LogP contribution in [0.5, 0.6) is 0 Å². The average molecular weight is 538 g/mol. The van der Waals surface area contributed by atoms with Gasteiger partial charge in [-0.05, 0) is 97.7 Å². The summed E-state index contributed by atoms with van der Waals surface area (Å²) in [5.41, 5.74) is -0.267. The van der Waals surface area contributed by atoms with Gasteiger partial charge in [-0.2, -0.15) is 0 Å². The smallest absolute Gasteiger partial charge is 0.748 e. The largest absolute Gasteiger partial charge is 1.00 e. The minimum atomic E-state index is -4.35. The first-order valence-corrected chi connectivity index (χ1v) is 15.1. The molecule has 0 aromatic carbocycles. The quantitative estimate of drug-likeness (QED) is 0.241. The Balaban J connectivity index is 0.00000361. The van der Waals surface area contributed by atoms with Crippen LogP contribution in [-0.2, 0) is 14.9 Å². The summed E-state index contributed by atoms with van der Waals surface area (Å²) in [5.74, 6) is 0.522. The van der Waals surface area contributed by atoms with Gasteiger partial charge in [0.1, 0.15) is 0 Å². The van der Waals surface area contributed by atoms with Crippen molar-refractivity contribution in [1.82, 2.24) is 5.32 Å². The van der Waals surface area contributed by atoms with Crippen molar-refractivity contribution >= 4 is 16.0 Å². The molecule has 4 fully saturated rings. The SMILES string of the molecule is CC(CCC(=O)NCCS(=O)(=O)[O-])C1CCC2C3C(O)CC4C[C@H](O)CCC4(C)C3C[C@H](O)C12C.[Na+]. The van der Waals surface area contributed by atoms with Crippen LogP contribution in [0.3, 0.4) is 0 Å². The number of carbonyl (C=O) groups is 1. The van der Waals surface area contributed by atoms with E-state index in [0.717, 1.165) is 38.5 Å². The topological polar surface area (TPSA) is 147 Å². The molecule has 4 rings (SSSR count). The zero-order valence-electron chi connectivity index (χ0n) is 22.4. The molecule has 0 spiro atoms. The van der Waals surface area contributed by atoms with E-state index in [1.54, 1.807) is 0 Å². The molecule has 0 aliphatic heterocycles. The number of aliphatic hydroxyl groups excluding tert-OH is 3. The van der Waals surface area contributed by atoms with Gasteiger partial charge < -0.3 is 25.2 Å². The third-order valence-corrected chi connectivity index (χ3v) is 11.7. The first-order chi connectivity index (χ1) is 16.3. The average Bonchev–Trinajstić information content (AvgIpc) is 3.12. The first kappa shape index (κ1) is 30.8. The summed E-state index contributed by atoms with van der Waals surface area (Å²) in [7, 11) is -4.35. The molecule has 36 heavy (non-hydrogen) atoms. The van der Waals surface area contributed by atoms with Crippen LogP contribution in [0.15, 0.2) is 0 Å². The maximum Gasteiger partial charge on any atom is 1.00 e. The third kappa shape index (κ3) is 5.74. The number of fused-ring (bicyclic) bond motifs is 5. The van der Waals surface area contributed by atoms with Crippen LogP contribution in [0.4, 0.5) is 0 Å². The van der Waals surface area contributed by atoms with Crippen molar-refractivity contribution in [2.24, 2.45) is 46.3 Å². The van der Waals surface area contributed by atoms with E-state index < -0.39 is 28.1 Å². The van der Waals surface area contributed by atoms with Crippen LogP contribution in [0.1, 0.15) is 78.6 Å². The van der Waals surface area contributed by atoms with Gasteiger partial charge in [-0.25, -0.2) is 8.42 Å². The number of hydrogen-bond donors (Lipinski definition) is 4. The Morgan fingerprint density at radius 3 is 2.44 bits per heavy atom. The fourth-order valence-corrected chi connectivity index (χ4v) is 9.45. The van der Waals surface area contributed by atoms with E-state index in [1.165, 1.54) is 0 Å². The number of hydrogen-bond acceptors (Lipinski definition) is 7. The second kappa shape index (κ2) is 11.4. The minimum absolute atomic E-state index is 0. The zero-order chi connectivity index (χ0) is 25.8. The number of rotatable bonds is 7. The van der Waals surface area contributed by atoms with Gasteiger partial charge in [0.2, 0.25) is 5.91 Å². The summed E-state index contributed by atoms with van der Waals surface area (Å²) in [6.45, 7) is 6.48. The fourth-order valence-electron chi connectivity index (χ4n) is 9.10. The van der Waals surface area contributed by atoms with Crippen molar-refractivity contribution < 1.29 is 62.6 Å². The molecule has 0 radical (unpaired) electrons. The molecule has 4 aliphatic rings. The summed E-state index contributed by atoms with van der Waals surface area (Å²) in [4.78, 5) is 12.2. The normalized spacial score (nSPS) is 45.0. The molecule has 0 aromatic heterocycles. The Morgan fingerprint density at radius 2 is 1.78 bits per heavy atom. The van der Waals surface area contributed by atoms with Crippen molar-refractivity contribution in [2.45, 2.75) is 96.9 Å². The molecule has 4 N–H and O–H groups in total. The predicted octanol–water partition coefficient (Wildman–Crippen LogP) is -0.970. The van der Waals surface area contributed by atoms with E-state index in [2.05, 4.69) is 26.1 Å². The van der Waals surface area contributed by atoms with E-state index >= 15 is 0 Å². The van der Waals surface area contributed by atoms with Gasteiger partial charge in [0.25, 0.3) is 0 Å². The fraction of sp³-hybridized carbons (Fsp3) is 0.962. The predicted molar refractivity (Wildman–Crippen MR) is 130 cm³/mol. The van der Waals surface area contributed by atoms with Crippen molar-refractivity contribution in [3.8, 4) is 0 Å². The maximum atomic E-state index is 12.2. The summed E-state index contributed by atoms with van der Waals surface area (Å²) in [6.07, 6.45) is 5.58. The molecule has 0 bridgehead atoms. The Hall–Kier alpha value is 0.260. The van der Waals surface area contributed by atoms with E-state index in [4.69, 9.17) is 0 Å². The molecule has 0 saturated heterocycles. The van der Waals surface area contributed by atoms with Gasteiger partial charge in [-0.1, -0.05) is 20.8 Å². The zero-order valence-corrected chi connectivity index (χ0v) is 25.2. The maximum absolute atomic E-state index is 12.2. The van der Waals surface area contributed by atoms with Crippen LogP contribution < -0.4 is 34.9 Å². The summed E-state index contributed by atoms with van der Waals surface area (Å²) in [6, 6.07) is 0. The van der Waals surface area contributed by atoms with Crippen LogP contribution in [0.2, 0.25) is 0 Å². The Morgan fingerprint density at radius 1 is 1.08 bits per heavy atom. The van der Waals surface area contributed by atoms with Gasteiger partial charge in [-0.15, -0.1) is 0 Å². The van der Waals surface area contributed by atoms with E-state index in [-0.39, 0.29) is 95.0 Å². The van der Waals surface area contributed by atoms with Gasteiger partial charge in [0.05, 0.1) is 34.2 Å². The van der Waals surface area contributed by atoms with E-state index in [1.807, 2.05) is 0 Å². The molecular weight excluding hydrogens is 493 g/mol. The first-order valence-electron chi connectivity index (χ1n) is 13.5. The summed E-state index contributed by atoms with van der Waals surface area (Å²) in [5, 5.41) is 35.7. The second-order valence-corrected chi connectivity index (χ2v) is 14.2. The van der Waals surface area contributed by atoms with Gasteiger partial charge >= 0.3 is 29.6 Å². The van der Waals surface area contributed by atoms with Crippen molar-refractivity contribution in [3.63, 3.8) is 0 Å². The molecule has 9 unspecified atom stereocenters. The number of carbonyl (C=O) groups excluding carboxylic acids is 1. The van der Waals surface area contributed by atoms with E-state index in [9.17, 15) is 33.1 Å². The van der Waals surface area contributed by atoms with Crippen LogP contribution in [0.25, 0.3) is 0 Å². The molecule has 8 nitrogen and oxygen atoms in total. The van der Waals surface area contributed by atoms with Crippen molar-refractivity contribution in [2.75, 3.05) is 12.3 Å². The third-order valence-electron chi connectivity index (χ3n) is 11.0. The standard InChI is InChI=1S/C26H45NO7S.Na/c1-15(4-7-23(31)27-10-11-35(32,33)34)18-5-6-19-24-20(14-22(30)26(18,19)3)25(2)9-8-17(28)12-16(25)13-21(24)29;/h15-22,24,28-30H,4-14H2,1-3H3,(H,27,31)(H,32,33,34);/q;+1/p-1/t15?,16?,17-,18?,19?,20?,21?,22+,24?,25?,26?;/m1./s1. The van der Waals surface area contributed by atoms with Gasteiger partial charge in [0, 0.05) is 13.0 Å². The van der Waals surface area contributed by atoms with Crippen molar-refractivity contribution in [1.29, 1.82) is 0 Å². The van der Waals surface area contributed by atoms with Crippen molar-refractivity contribution in [3.05, 3.63) is 0 Å². The molecule has 10 heteroatoms. The van der Waals surface area contributed by atoms with Crippen LogP contribution in [0, 0.1) is 46.3 Å². The van der Waals surface area contributed by atoms with Crippen LogP contribution in [-0.4, -0.2) is 64.8 Å². The number of aliphatic hydroxyl groups is 3. The number of amides is 1. The Kier molecular flexibility index (Phi) is 9.75. The molecule has 4 aliphatic carbocycles. The number of nitrogens with one attached hydrogen (secondary N) is 1. The Bertz CT molecular complexity index is 903. The van der Waals surface area contributed by atoms with Gasteiger partial charge in [-0.3, -0.25) is 4.79 Å². The Labute approximate surface area is 238 Å². The van der Waals surface area contributed by atoms with Gasteiger partial charge in [0.15, 0.2) is 0 Å². The van der Waals surface area contributed by atoms with E-state index in [0.29, 0.717) is 18.8 Å². The molecule has 11 atom stereocenters. The second-order valence-electron chi connectivity index (χ2n) is 12.7.